The molecular weight excluding hydrogens is 608 g/mol. The van der Waals surface area contributed by atoms with Crippen molar-refractivity contribution in [2.75, 3.05) is 0 Å². The number of carbonyl (C=O) groups is 2. The summed E-state index contributed by atoms with van der Waals surface area (Å²) in [5, 5.41) is 21.3. The number of rotatable bonds is 36. The zero-order valence-corrected chi connectivity index (χ0v) is 32.7. The van der Waals surface area contributed by atoms with Crippen molar-refractivity contribution < 1.29 is 24.5 Å². The summed E-state index contributed by atoms with van der Waals surface area (Å²) in [7, 11) is 0. The molecule has 5 nitrogen and oxygen atoms in total. The summed E-state index contributed by atoms with van der Waals surface area (Å²) in [5.74, 6) is -1.80. The van der Waals surface area contributed by atoms with E-state index in [0.29, 0.717) is 25.7 Å². The highest BCUT2D eigenvalue weighted by atomic mass is 16.6. The van der Waals surface area contributed by atoms with Gasteiger partial charge in [-0.2, -0.15) is 0 Å². The minimum atomic E-state index is -1.21. The summed E-state index contributed by atoms with van der Waals surface area (Å²) in [4.78, 5) is 26.0. The Morgan fingerprint density at radius 1 is 0.408 bits per heavy atom. The molecule has 0 bridgehead atoms. The zero-order chi connectivity index (χ0) is 35.5. The summed E-state index contributed by atoms with van der Waals surface area (Å²) < 4.78 is 5.83. The molecule has 1 aliphatic carbocycles. The molecule has 1 saturated carbocycles. The Hall–Kier alpha value is -1.10. The van der Waals surface area contributed by atoms with Crippen molar-refractivity contribution in [2.24, 2.45) is 10.8 Å². The number of hydrogen-bond acceptors (Lipinski definition) is 3. The first kappa shape index (κ1) is 44.1. The van der Waals surface area contributed by atoms with E-state index in [2.05, 4.69) is 13.8 Å². The maximum absolute atomic E-state index is 13.0. The SMILES string of the molecule is CCCCCCCCCCCCCCCCCCC1(C(=O)O)CC2OC2CC1(CCCCCCCCCCCCCCCCCC)C(=O)O. The summed E-state index contributed by atoms with van der Waals surface area (Å²) in [6, 6.07) is 0. The lowest BCUT2D eigenvalue weighted by Gasteiger charge is -2.47. The fraction of sp³-hybridized carbons (Fsp3) is 0.955. The Kier molecular flexibility index (Phi) is 24.8. The third-order valence-electron chi connectivity index (χ3n) is 12.4. The van der Waals surface area contributed by atoms with Crippen molar-refractivity contribution in [1.82, 2.24) is 0 Å². The molecule has 2 aliphatic rings. The molecule has 2 fully saturated rings. The predicted molar refractivity (Wildman–Crippen MR) is 206 cm³/mol. The zero-order valence-electron chi connectivity index (χ0n) is 32.7. The monoisotopic (exact) mass is 691 g/mol. The molecule has 0 radical (unpaired) electrons. The van der Waals surface area contributed by atoms with Gasteiger partial charge in [0.15, 0.2) is 0 Å². The van der Waals surface area contributed by atoms with Gasteiger partial charge in [0.1, 0.15) is 0 Å². The molecule has 288 valence electrons. The number of unbranched alkanes of at least 4 members (excludes halogenated alkanes) is 30. The minimum Gasteiger partial charge on any atom is -0.481 e. The van der Waals surface area contributed by atoms with E-state index in [-0.39, 0.29) is 12.2 Å². The van der Waals surface area contributed by atoms with E-state index in [4.69, 9.17) is 4.74 Å². The average Bonchev–Trinajstić information content (AvgIpc) is 3.84. The molecule has 0 spiro atoms. The third-order valence-corrected chi connectivity index (χ3v) is 12.4. The van der Waals surface area contributed by atoms with E-state index in [1.807, 2.05) is 0 Å². The lowest BCUT2D eigenvalue weighted by molar-refractivity contribution is -0.181. The molecule has 1 saturated heterocycles. The Bertz CT molecular complexity index is 762. The van der Waals surface area contributed by atoms with E-state index in [1.165, 1.54) is 167 Å². The Morgan fingerprint density at radius 3 is 0.816 bits per heavy atom. The second-order valence-corrected chi connectivity index (χ2v) is 16.5. The van der Waals surface area contributed by atoms with Gasteiger partial charge in [-0.3, -0.25) is 9.59 Å². The Morgan fingerprint density at radius 2 is 0.612 bits per heavy atom. The number of epoxide rings is 1. The van der Waals surface area contributed by atoms with Crippen LogP contribution in [0.2, 0.25) is 0 Å². The number of hydrogen-bond donors (Lipinski definition) is 2. The molecule has 4 atom stereocenters. The molecule has 4 unspecified atom stereocenters. The van der Waals surface area contributed by atoms with Crippen LogP contribution >= 0.6 is 0 Å². The minimum absolute atomic E-state index is 0.0598. The molecule has 0 aromatic carbocycles. The fourth-order valence-corrected chi connectivity index (χ4v) is 9.05. The number of aliphatic carboxylic acids is 2. The highest BCUT2D eigenvalue weighted by Crippen LogP contribution is 2.61. The van der Waals surface area contributed by atoms with Crippen LogP contribution < -0.4 is 0 Å². The lowest BCUT2D eigenvalue weighted by Crippen LogP contribution is -2.56. The summed E-state index contributed by atoms with van der Waals surface area (Å²) in [6.45, 7) is 4.55. The predicted octanol–water partition coefficient (Wildman–Crippen LogP) is 14.0. The van der Waals surface area contributed by atoms with E-state index in [1.54, 1.807) is 0 Å². The van der Waals surface area contributed by atoms with Crippen LogP contribution in [-0.2, 0) is 14.3 Å². The van der Waals surface area contributed by atoms with Crippen LogP contribution in [0.15, 0.2) is 0 Å². The van der Waals surface area contributed by atoms with Crippen molar-refractivity contribution in [3.05, 3.63) is 0 Å². The van der Waals surface area contributed by atoms with Gasteiger partial charge in [0, 0.05) is 0 Å². The molecule has 1 heterocycles. The molecular formula is C44H82O5. The van der Waals surface area contributed by atoms with Gasteiger partial charge in [-0.05, 0) is 25.7 Å². The van der Waals surface area contributed by atoms with Crippen LogP contribution in [0.5, 0.6) is 0 Å². The van der Waals surface area contributed by atoms with Crippen LogP contribution in [0.3, 0.4) is 0 Å². The maximum Gasteiger partial charge on any atom is 0.310 e. The largest absolute Gasteiger partial charge is 0.481 e. The average molecular weight is 691 g/mol. The van der Waals surface area contributed by atoms with Crippen LogP contribution in [-0.4, -0.2) is 34.4 Å². The van der Waals surface area contributed by atoms with Gasteiger partial charge in [-0.1, -0.05) is 219 Å². The van der Waals surface area contributed by atoms with Crippen molar-refractivity contribution in [3.8, 4) is 0 Å². The van der Waals surface area contributed by atoms with Crippen LogP contribution in [0.4, 0.5) is 0 Å². The van der Waals surface area contributed by atoms with Crippen molar-refractivity contribution >= 4 is 11.9 Å². The van der Waals surface area contributed by atoms with Gasteiger partial charge in [-0.15, -0.1) is 0 Å². The fourth-order valence-electron chi connectivity index (χ4n) is 9.05. The Labute approximate surface area is 303 Å². The molecule has 2 N–H and O–H groups in total. The normalized spacial score (nSPS) is 23.1. The molecule has 0 aromatic rings. The van der Waals surface area contributed by atoms with Crippen LogP contribution in [0, 0.1) is 10.8 Å². The van der Waals surface area contributed by atoms with Crippen LogP contribution in [0.1, 0.15) is 245 Å². The van der Waals surface area contributed by atoms with Gasteiger partial charge >= 0.3 is 11.9 Å². The van der Waals surface area contributed by atoms with Crippen LogP contribution in [0.25, 0.3) is 0 Å². The van der Waals surface area contributed by atoms with Crippen molar-refractivity contribution in [3.63, 3.8) is 0 Å². The number of carboxylic acid groups (broad SMARTS) is 2. The first-order valence-electron chi connectivity index (χ1n) is 22.1. The summed E-state index contributed by atoms with van der Waals surface area (Å²) in [5.41, 5.74) is -2.41. The van der Waals surface area contributed by atoms with Gasteiger partial charge < -0.3 is 14.9 Å². The summed E-state index contributed by atoms with van der Waals surface area (Å²) >= 11 is 0. The third kappa shape index (κ3) is 17.3. The first-order valence-corrected chi connectivity index (χ1v) is 22.1. The van der Waals surface area contributed by atoms with E-state index in [0.717, 1.165) is 38.5 Å². The smallest absolute Gasteiger partial charge is 0.310 e. The molecule has 2 rings (SSSR count). The van der Waals surface area contributed by atoms with Gasteiger partial charge in [-0.25, -0.2) is 0 Å². The number of carboxylic acids is 2. The van der Waals surface area contributed by atoms with E-state index in [9.17, 15) is 19.8 Å². The highest BCUT2D eigenvalue weighted by Gasteiger charge is 2.69. The summed E-state index contributed by atoms with van der Waals surface area (Å²) in [6.07, 6.45) is 42.5. The topological polar surface area (TPSA) is 87.1 Å². The molecule has 5 heteroatoms. The van der Waals surface area contributed by atoms with Gasteiger partial charge in [0.05, 0.1) is 23.0 Å². The number of fused-ring (bicyclic) bond motifs is 1. The second-order valence-electron chi connectivity index (χ2n) is 16.5. The molecule has 1 aliphatic heterocycles. The first-order chi connectivity index (χ1) is 23.9. The lowest BCUT2D eigenvalue weighted by atomic mass is 9.52. The quantitative estimate of drug-likeness (QED) is 0.0505. The van der Waals surface area contributed by atoms with Gasteiger partial charge in [0.25, 0.3) is 0 Å². The van der Waals surface area contributed by atoms with E-state index >= 15 is 0 Å². The maximum atomic E-state index is 13.0. The van der Waals surface area contributed by atoms with E-state index < -0.39 is 22.8 Å². The molecule has 49 heavy (non-hydrogen) atoms. The second kappa shape index (κ2) is 27.5. The molecule has 0 amide bonds. The van der Waals surface area contributed by atoms with Crippen molar-refractivity contribution in [1.29, 1.82) is 0 Å². The van der Waals surface area contributed by atoms with Crippen molar-refractivity contribution in [2.45, 2.75) is 257 Å². The molecule has 0 aromatic heterocycles. The number of ether oxygens (including phenoxy) is 1. The standard InChI is InChI=1S/C44H82O5/c1-3-5-7-9-11-13-15-17-19-21-23-25-27-29-31-33-35-43(41(45)46)37-39-40(49-39)38-44(43,42(47)48)36-34-32-30-28-26-24-22-20-18-16-14-12-10-8-6-4-2/h39-40H,3-38H2,1-2H3,(H,45,46)(H,47,48). The Balaban J connectivity index is 1.61. The van der Waals surface area contributed by atoms with Gasteiger partial charge in [0.2, 0.25) is 0 Å². The highest BCUT2D eigenvalue weighted by molar-refractivity contribution is 5.87.